The van der Waals surface area contributed by atoms with Crippen molar-refractivity contribution < 1.29 is 0 Å². The van der Waals surface area contributed by atoms with Crippen molar-refractivity contribution in [1.29, 1.82) is 0 Å². The smallest absolute Gasteiger partial charge is 0.193 e. The molecule has 124 valence electrons. The molecule has 2 rings (SSSR count). The average molecular weight is 351 g/mol. The number of hydrogen-bond acceptors (Lipinski definition) is 3. The Hall–Kier alpha value is -1.59. The molecule has 0 radical (unpaired) electrons. The molecule has 1 aromatic carbocycles. The van der Waals surface area contributed by atoms with Gasteiger partial charge in [0.15, 0.2) is 5.96 Å². The Morgan fingerprint density at radius 1 is 1.39 bits per heavy atom. The zero-order valence-electron chi connectivity index (χ0n) is 13.8. The third-order valence-electron chi connectivity index (χ3n) is 3.32. The van der Waals surface area contributed by atoms with E-state index in [1.807, 2.05) is 37.5 Å². The Kier molecular flexibility index (Phi) is 6.86. The predicted molar refractivity (Wildman–Crippen MR) is 99.5 cm³/mol. The van der Waals surface area contributed by atoms with Crippen molar-refractivity contribution in [3.63, 3.8) is 0 Å². The van der Waals surface area contributed by atoms with Gasteiger partial charge in [0.2, 0.25) is 0 Å². The number of aromatic nitrogens is 1. The second-order valence-electron chi connectivity index (χ2n) is 5.30. The molecule has 0 fully saturated rings. The Morgan fingerprint density at radius 2 is 2.17 bits per heavy atom. The minimum atomic E-state index is 0.724. The molecule has 4 nitrogen and oxygen atoms in total. The van der Waals surface area contributed by atoms with Gasteiger partial charge in [0.1, 0.15) is 0 Å². The van der Waals surface area contributed by atoms with Crippen LogP contribution < -0.4 is 5.32 Å². The lowest BCUT2D eigenvalue weighted by atomic mass is 10.2. The van der Waals surface area contributed by atoms with Crippen LogP contribution in [0.2, 0.25) is 5.02 Å². The molecule has 0 spiro atoms. The number of hydrogen-bond donors (Lipinski definition) is 1. The van der Waals surface area contributed by atoms with E-state index in [9.17, 15) is 0 Å². The molecular formula is C17H23ClN4S. The molecule has 0 bridgehead atoms. The summed E-state index contributed by atoms with van der Waals surface area (Å²) in [4.78, 5) is 12.4. The van der Waals surface area contributed by atoms with Crippen molar-refractivity contribution in [1.82, 2.24) is 15.2 Å². The van der Waals surface area contributed by atoms with Gasteiger partial charge in [-0.15, -0.1) is 11.3 Å². The highest BCUT2D eigenvalue weighted by atomic mass is 35.5. The zero-order chi connectivity index (χ0) is 16.7. The van der Waals surface area contributed by atoms with Crippen LogP contribution in [-0.4, -0.2) is 36.0 Å². The van der Waals surface area contributed by atoms with Gasteiger partial charge in [-0.25, -0.2) is 4.98 Å². The topological polar surface area (TPSA) is 40.5 Å². The lowest BCUT2D eigenvalue weighted by Gasteiger charge is -2.22. The Morgan fingerprint density at radius 3 is 2.83 bits per heavy atom. The van der Waals surface area contributed by atoms with E-state index in [1.54, 1.807) is 11.3 Å². The van der Waals surface area contributed by atoms with E-state index in [2.05, 4.69) is 29.0 Å². The normalized spacial score (nSPS) is 11.6. The molecule has 23 heavy (non-hydrogen) atoms. The molecule has 1 N–H and O–H groups in total. The summed E-state index contributed by atoms with van der Waals surface area (Å²) in [7, 11) is 2.03. The lowest BCUT2D eigenvalue weighted by Crippen LogP contribution is -2.38. The van der Waals surface area contributed by atoms with E-state index in [0.717, 1.165) is 47.6 Å². The standard InChI is InChI=1S/C17H23ClN4S/c1-4-19-17(20-10-9-16-21-11-13(2)23-16)22(3)12-14-7-5-6-8-15(14)18/h5-8,11H,4,9-10,12H2,1-3H3,(H,19,20). The van der Waals surface area contributed by atoms with Crippen molar-refractivity contribution in [3.05, 3.63) is 50.9 Å². The maximum absolute atomic E-state index is 6.24. The van der Waals surface area contributed by atoms with Gasteiger partial charge in [0.05, 0.1) is 5.01 Å². The van der Waals surface area contributed by atoms with Gasteiger partial charge in [0, 0.05) is 49.2 Å². The van der Waals surface area contributed by atoms with Gasteiger partial charge in [-0.3, -0.25) is 4.99 Å². The fraction of sp³-hybridized carbons (Fsp3) is 0.412. The highest BCUT2D eigenvalue weighted by Gasteiger charge is 2.08. The van der Waals surface area contributed by atoms with Crippen LogP contribution in [0.1, 0.15) is 22.4 Å². The Labute approximate surface area is 147 Å². The van der Waals surface area contributed by atoms with E-state index in [4.69, 9.17) is 16.6 Å². The van der Waals surface area contributed by atoms with Gasteiger partial charge in [-0.05, 0) is 25.5 Å². The van der Waals surface area contributed by atoms with Crippen molar-refractivity contribution >= 4 is 28.9 Å². The number of nitrogens with zero attached hydrogens (tertiary/aromatic N) is 3. The first-order valence-electron chi connectivity index (χ1n) is 7.74. The molecule has 0 aliphatic carbocycles. The molecule has 2 aromatic rings. The minimum Gasteiger partial charge on any atom is -0.357 e. The quantitative estimate of drug-likeness (QED) is 0.637. The maximum Gasteiger partial charge on any atom is 0.193 e. The first-order chi connectivity index (χ1) is 11.1. The first kappa shape index (κ1) is 17.8. The van der Waals surface area contributed by atoms with Gasteiger partial charge < -0.3 is 10.2 Å². The molecule has 0 atom stereocenters. The van der Waals surface area contributed by atoms with Crippen molar-refractivity contribution in [2.75, 3.05) is 20.1 Å². The fourth-order valence-corrected chi connectivity index (χ4v) is 3.17. The van der Waals surface area contributed by atoms with E-state index in [-0.39, 0.29) is 0 Å². The number of aliphatic imine (C=N–C) groups is 1. The number of aryl methyl sites for hydroxylation is 1. The lowest BCUT2D eigenvalue weighted by molar-refractivity contribution is 0.477. The van der Waals surface area contributed by atoms with E-state index < -0.39 is 0 Å². The summed E-state index contributed by atoms with van der Waals surface area (Å²) in [6.45, 7) is 6.43. The van der Waals surface area contributed by atoms with Crippen LogP contribution in [0.3, 0.4) is 0 Å². The number of nitrogens with one attached hydrogen (secondary N) is 1. The summed E-state index contributed by atoms with van der Waals surface area (Å²) in [6, 6.07) is 7.91. The highest BCUT2D eigenvalue weighted by molar-refractivity contribution is 7.11. The molecule has 0 saturated heterocycles. The van der Waals surface area contributed by atoms with E-state index in [1.165, 1.54) is 4.88 Å². The predicted octanol–water partition coefficient (Wildman–Crippen LogP) is 3.74. The largest absolute Gasteiger partial charge is 0.357 e. The molecule has 0 unspecified atom stereocenters. The number of rotatable bonds is 6. The van der Waals surface area contributed by atoms with Crippen LogP contribution in [0, 0.1) is 6.92 Å². The third kappa shape index (κ3) is 5.52. The summed E-state index contributed by atoms with van der Waals surface area (Å²) < 4.78 is 0. The van der Waals surface area contributed by atoms with Gasteiger partial charge in [-0.2, -0.15) is 0 Å². The maximum atomic E-state index is 6.24. The Bertz CT molecular complexity index is 654. The summed E-state index contributed by atoms with van der Waals surface area (Å²) in [5.41, 5.74) is 1.10. The number of thiazole rings is 1. The van der Waals surface area contributed by atoms with Crippen LogP contribution in [0.15, 0.2) is 35.5 Å². The molecular weight excluding hydrogens is 328 g/mol. The first-order valence-corrected chi connectivity index (χ1v) is 8.93. The molecule has 0 amide bonds. The number of guanidine groups is 1. The minimum absolute atomic E-state index is 0.724. The van der Waals surface area contributed by atoms with Crippen LogP contribution >= 0.6 is 22.9 Å². The summed E-state index contributed by atoms with van der Waals surface area (Å²) in [6.07, 6.45) is 2.78. The van der Waals surface area contributed by atoms with Crippen molar-refractivity contribution in [2.45, 2.75) is 26.8 Å². The third-order valence-corrected chi connectivity index (χ3v) is 4.66. The van der Waals surface area contributed by atoms with Crippen LogP contribution in [-0.2, 0) is 13.0 Å². The molecule has 1 heterocycles. The molecule has 0 saturated carbocycles. The fourth-order valence-electron chi connectivity index (χ4n) is 2.20. The molecule has 0 aliphatic heterocycles. The van der Waals surface area contributed by atoms with E-state index >= 15 is 0 Å². The average Bonchev–Trinajstić information content (AvgIpc) is 2.94. The SMILES string of the molecule is CCNC(=NCCc1ncc(C)s1)N(C)Cc1ccccc1Cl. The van der Waals surface area contributed by atoms with Gasteiger partial charge in [-0.1, -0.05) is 29.8 Å². The summed E-state index contributed by atoms with van der Waals surface area (Å²) in [5, 5.41) is 5.25. The van der Waals surface area contributed by atoms with Gasteiger partial charge >= 0.3 is 0 Å². The summed E-state index contributed by atoms with van der Waals surface area (Å²) >= 11 is 7.98. The zero-order valence-corrected chi connectivity index (χ0v) is 15.4. The van der Waals surface area contributed by atoms with Crippen LogP contribution in [0.5, 0.6) is 0 Å². The Balaban J connectivity index is 1.98. The van der Waals surface area contributed by atoms with E-state index in [0.29, 0.717) is 0 Å². The second kappa shape index (κ2) is 8.89. The monoisotopic (exact) mass is 350 g/mol. The molecule has 0 aliphatic rings. The van der Waals surface area contributed by atoms with Crippen molar-refractivity contribution in [3.8, 4) is 0 Å². The van der Waals surface area contributed by atoms with Crippen LogP contribution in [0.25, 0.3) is 0 Å². The number of halogens is 1. The molecule has 1 aromatic heterocycles. The van der Waals surface area contributed by atoms with Crippen molar-refractivity contribution in [2.24, 2.45) is 4.99 Å². The molecule has 6 heteroatoms. The highest BCUT2D eigenvalue weighted by Crippen LogP contribution is 2.16. The van der Waals surface area contributed by atoms with Gasteiger partial charge in [0.25, 0.3) is 0 Å². The second-order valence-corrected chi connectivity index (χ2v) is 7.02. The number of benzene rings is 1. The van der Waals surface area contributed by atoms with Crippen LogP contribution in [0.4, 0.5) is 0 Å². The summed E-state index contributed by atoms with van der Waals surface area (Å²) in [5.74, 6) is 0.890.